The van der Waals surface area contributed by atoms with E-state index in [1.54, 1.807) is 7.05 Å². The Morgan fingerprint density at radius 3 is 2.50 bits per heavy atom. The Labute approximate surface area is 94.3 Å². The van der Waals surface area contributed by atoms with Gasteiger partial charge in [-0.05, 0) is 6.42 Å². The average Bonchev–Trinajstić information content (AvgIpc) is 2.27. The van der Waals surface area contributed by atoms with Crippen LogP contribution in [-0.4, -0.2) is 18.6 Å². The highest BCUT2D eigenvalue weighted by Gasteiger charge is 2.09. The third-order valence-corrected chi connectivity index (χ3v) is 2.24. The number of halogens is 2. The second kappa shape index (κ2) is 6.25. The molecule has 1 aromatic heterocycles. The molecule has 90 valence electrons. The first-order valence-corrected chi connectivity index (χ1v) is 5.46. The van der Waals surface area contributed by atoms with Crippen LogP contribution in [0.4, 0.5) is 20.4 Å². The van der Waals surface area contributed by atoms with Crippen molar-refractivity contribution in [1.82, 2.24) is 4.98 Å². The first-order chi connectivity index (χ1) is 7.69. The van der Waals surface area contributed by atoms with E-state index in [-0.39, 0.29) is 11.6 Å². The van der Waals surface area contributed by atoms with E-state index in [4.69, 9.17) is 0 Å². The van der Waals surface area contributed by atoms with Crippen LogP contribution in [0.3, 0.4) is 0 Å². The molecule has 0 aliphatic rings. The van der Waals surface area contributed by atoms with Crippen LogP contribution < -0.4 is 10.6 Å². The Bertz CT molecular complexity index is 342. The molecule has 0 amide bonds. The minimum Gasteiger partial charge on any atom is -0.371 e. The van der Waals surface area contributed by atoms with Gasteiger partial charge in [0.15, 0.2) is 23.3 Å². The Kier molecular flexibility index (Phi) is 4.95. The summed E-state index contributed by atoms with van der Waals surface area (Å²) in [4.78, 5) is 3.82. The van der Waals surface area contributed by atoms with Crippen molar-refractivity contribution in [2.75, 3.05) is 24.2 Å². The highest BCUT2D eigenvalue weighted by Crippen LogP contribution is 2.18. The predicted molar refractivity (Wildman–Crippen MR) is 61.7 cm³/mol. The molecule has 3 nitrogen and oxygen atoms in total. The largest absolute Gasteiger partial charge is 0.371 e. The van der Waals surface area contributed by atoms with Crippen molar-refractivity contribution in [3.63, 3.8) is 0 Å². The minimum absolute atomic E-state index is 0.0550. The molecule has 0 saturated carbocycles. The fraction of sp³-hybridized carbons (Fsp3) is 0.545. The highest BCUT2D eigenvalue weighted by molar-refractivity contribution is 5.47. The fourth-order valence-electron chi connectivity index (χ4n) is 1.35. The van der Waals surface area contributed by atoms with E-state index >= 15 is 0 Å². The Morgan fingerprint density at radius 2 is 1.88 bits per heavy atom. The lowest BCUT2D eigenvalue weighted by molar-refractivity contribution is 0.578. The van der Waals surface area contributed by atoms with Crippen LogP contribution in [0.25, 0.3) is 0 Å². The summed E-state index contributed by atoms with van der Waals surface area (Å²) >= 11 is 0. The van der Waals surface area contributed by atoms with Gasteiger partial charge in [-0.15, -0.1) is 0 Å². The zero-order valence-corrected chi connectivity index (χ0v) is 9.61. The van der Waals surface area contributed by atoms with Gasteiger partial charge in [-0.25, -0.2) is 13.8 Å². The van der Waals surface area contributed by atoms with Crippen LogP contribution in [0, 0.1) is 11.6 Å². The van der Waals surface area contributed by atoms with Gasteiger partial charge >= 0.3 is 0 Å². The van der Waals surface area contributed by atoms with Crippen molar-refractivity contribution < 1.29 is 8.78 Å². The molecule has 0 saturated heterocycles. The Balaban J connectivity index is 2.64. The van der Waals surface area contributed by atoms with Crippen LogP contribution >= 0.6 is 0 Å². The molecule has 0 unspecified atom stereocenters. The summed E-state index contributed by atoms with van der Waals surface area (Å²) in [6.45, 7) is 2.74. The summed E-state index contributed by atoms with van der Waals surface area (Å²) in [6.07, 6.45) is 3.13. The number of pyridine rings is 1. The highest BCUT2D eigenvalue weighted by atomic mass is 19.1. The average molecular weight is 229 g/mol. The zero-order valence-electron chi connectivity index (χ0n) is 9.61. The van der Waals surface area contributed by atoms with Gasteiger partial charge in [0.25, 0.3) is 0 Å². The molecule has 5 heteroatoms. The summed E-state index contributed by atoms with van der Waals surface area (Å²) in [5.74, 6) is -1.19. The molecule has 0 atom stereocenters. The molecule has 0 bridgehead atoms. The molecule has 0 aliphatic heterocycles. The van der Waals surface area contributed by atoms with Crippen LogP contribution in [0.5, 0.6) is 0 Å². The van der Waals surface area contributed by atoms with E-state index in [1.807, 2.05) is 0 Å². The molecule has 16 heavy (non-hydrogen) atoms. The number of aromatic nitrogens is 1. The van der Waals surface area contributed by atoms with E-state index in [2.05, 4.69) is 22.5 Å². The standard InChI is InChI=1S/C11H17F2N3/c1-3-4-5-6-15-11-9(13)7-8(12)10(14-2)16-11/h7H,3-6H2,1-2H3,(H2,14,15,16). The molecule has 0 aromatic carbocycles. The molecular weight excluding hydrogens is 212 g/mol. The summed E-state index contributed by atoms with van der Waals surface area (Å²) in [5, 5.41) is 5.43. The van der Waals surface area contributed by atoms with E-state index in [9.17, 15) is 8.78 Å². The second-order valence-corrected chi connectivity index (χ2v) is 3.53. The van der Waals surface area contributed by atoms with Gasteiger partial charge in [0.2, 0.25) is 0 Å². The number of nitrogens with zero attached hydrogens (tertiary/aromatic N) is 1. The van der Waals surface area contributed by atoms with Gasteiger partial charge in [0.1, 0.15) is 0 Å². The molecular formula is C11H17F2N3. The molecule has 0 radical (unpaired) electrons. The van der Waals surface area contributed by atoms with Crippen molar-refractivity contribution >= 4 is 11.6 Å². The number of unbranched alkanes of at least 4 members (excludes halogenated alkanes) is 2. The number of hydrogen-bond donors (Lipinski definition) is 2. The molecule has 0 aliphatic carbocycles. The minimum atomic E-state index is -0.681. The van der Waals surface area contributed by atoms with Crippen LogP contribution in [0.2, 0.25) is 0 Å². The third-order valence-electron chi connectivity index (χ3n) is 2.24. The fourth-order valence-corrected chi connectivity index (χ4v) is 1.35. The van der Waals surface area contributed by atoms with Gasteiger partial charge in [0, 0.05) is 19.7 Å². The lowest BCUT2D eigenvalue weighted by atomic mass is 10.2. The van der Waals surface area contributed by atoms with Crippen LogP contribution in [0.15, 0.2) is 6.07 Å². The molecule has 2 N–H and O–H groups in total. The van der Waals surface area contributed by atoms with Gasteiger partial charge in [0.05, 0.1) is 0 Å². The maximum Gasteiger partial charge on any atom is 0.168 e. The number of anilines is 2. The van der Waals surface area contributed by atoms with Gasteiger partial charge in [-0.2, -0.15) is 0 Å². The Hall–Kier alpha value is -1.39. The maximum absolute atomic E-state index is 13.3. The summed E-state index contributed by atoms with van der Waals surface area (Å²) < 4.78 is 26.4. The summed E-state index contributed by atoms with van der Waals surface area (Å²) in [5.41, 5.74) is 0. The number of nitrogens with one attached hydrogen (secondary N) is 2. The monoisotopic (exact) mass is 229 g/mol. The molecule has 1 rings (SSSR count). The third kappa shape index (κ3) is 3.32. The van der Waals surface area contributed by atoms with E-state index in [0.717, 1.165) is 25.3 Å². The van der Waals surface area contributed by atoms with Crippen LogP contribution in [0.1, 0.15) is 26.2 Å². The van der Waals surface area contributed by atoms with Gasteiger partial charge < -0.3 is 10.6 Å². The van der Waals surface area contributed by atoms with Crippen molar-refractivity contribution in [2.24, 2.45) is 0 Å². The molecule has 1 heterocycles. The first kappa shape index (κ1) is 12.7. The normalized spacial score (nSPS) is 10.2. The van der Waals surface area contributed by atoms with E-state index in [0.29, 0.717) is 6.54 Å². The predicted octanol–water partition coefficient (Wildman–Crippen LogP) is 3.00. The Morgan fingerprint density at radius 1 is 1.19 bits per heavy atom. The molecule has 0 spiro atoms. The van der Waals surface area contributed by atoms with Crippen molar-refractivity contribution in [3.8, 4) is 0 Å². The lowest BCUT2D eigenvalue weighted by Gasteiger charge is -2.08. The van der Waals surface area contributed by atoms with Crippen molar-refractivity contribution in [2.45, 2.75) is 26.2 Å². The SMILES string of the molecule is CCCCCNc1nc(NC)c(F)cc1F. The quantitative estimate of drug-likeness (QED) is 0.736. The lowest BCUT2D eigenvalue weighted by Crippen LogP contribution is -2.08. The smallest absolute Gasteiger partial charge is 0.168 e. The first-order valence-electron chi connectivity index (χ1n) is 5.46. The van der Waals surface area contributed by atoms with E-state index in [1.165, 1.54) is 0 Å². The number of rotatable bonds is 6. The van der Waals surface area contributed by atoms with Crippen molar-refractivity contribution in [3.05, 3.63) is 17.7 Å². The molecule has 0 fully saturated rings. The zero-order chi connectivity index (χ0) is 12.0. The molecule has 1 aromatic rings. The topological polar surface area (TPSA) is 37.0 Å². The maximum atomic E-state index is 13.3. The summed E-state index contributed by atoms with van der Waals surface area (Å²) in [7, 11) is 1.55. The van der Waals surface area contributed by atoms with Gasteiger partial charge in [-0.3, -0.25) is 0 Å². The summed E-state index contributed by atoms with van der Waals surface area (Å²) in [6, 6.07) is 0.834. The van der Waals surface area contributed by atoms with Gasteiger partial charge in [-0.1, -0.05) is 19.8 Å². The van der Waals surface area contributed by atoms with Crippen molar-refractivity contribution in [1.29, 1.82) is 0 Å². The van der Waals surface area contributed by atoms with E-state index < -0.39 is 11.6 Å². The number of hydrogen-bond acceptors (Lipinski definition) is 3. The second-order valence-electron chi connectivity index (χ2n) is 3.53. The van der Waals surface area contributed by atoms with Crippen LogP contribution in [-0.2, 0) is 0 Å².